The van der Waals surface area contributed by atoms with E-state index in [9.17, 15) is 9.59 Å². The first-order chi connectivity index (χ1) is 12.2. The van der Waals surface area contributed by atoms with Crippen molar-refractivity contribution in [2.75, 3.05) is 24.5 Å². The number of urea groups is 1. The van der Waals surface area contributed by atoms with Crippen LogP contribution < -0.4 is 10.2 Å². The van der Waals surface area contributed by atoms with Gasteiger partial charge in [-0.3, -0.25) is 9.69 Å². The fraction of sp³-hybridized carbons (Fsp3) is 0.294. The number of nitriles is 1. The number of carbonyl (C=O) groups excluding carboxylic acids is 2. The second kappa shape index (κ2) is 7.77. The average molecular weight is 355 g/mol. The van der Waals surface area contributed by atoms with Gasteiger partial charge in [-0.2, -0.15) is 5.26 Å². The van der Waals surface area contributed by atoms with Crippen LogP contribution in [0.25, 0.3) is 0 Å². The first-order valence-corrected chi connectivity index (χ1v) is 8.74. The Morgan fingerprint density at radius 3 is 2.88 bits per heavy atom. The van der Waals surface area contributed by atoms with Gasteiger partial charge in [0.2, 0.25) is 5.91 Å². The van der Waals surface area contributed by atoms with Crippen molar-refractivity contribution in [1.29, 1.82) is 5.26 Å². The van der Waals surface area contributed by atoms with Crippen LogP contribution in [0.3, 0.4) is 0 Å². The van der Waals surface area contributed by atoms with E-state index in [1.165, 1.54) is 16.2 Å². The molecular formula is C17H17N5O2S. The lowest BCUT2D eigenvalue weighted by molar-refractivity contribution is -0.130. The normalized spacial score (nSPS) is 13.4. The van der Waals surface area contributed by atoms with Gasteiger partial charge in [0.15, 0.2) is 5.13 Å². The van der Waals surface area contributed by atoms with Gasteiger partial charge in [-0.1, -0.05) is 30.3 Å². The van der Waals surface area contributed by atoms with Gasteiger partial charge in [-0.15, -0.1) is 11.3 Å². The molecule has 3 rings (SSSR count). The minimum absolute atomic E-state index is 0.0270. The molecule has 25 heavy (non-hydrogen) atoms. The number of nitrogens with one attached hydrogen (secondary N) is 1. The maximum Gasteiger partial charge on any atom is 0.323 e. The summed E-state index contributed by atoms with van der Waals surface area (Å²) in [5, 5.41) is 14.1. The number of rotatable bonds is 6. The molecule has 1 aliphatic heterocycles. The van der Waals surface area contributed by atoms with Crippen molar-refractivity contribution in [3.8, 4) is 6.07 Å². The zero-order valence-corrected chi connectivity index (χ0v) is 14.3. The van der Waals surface area contributed by atoms with E-state index in [0.29, 0.717) is 30.5 Å². The van der Waals surface area contributed by atoms with E-state index in [4.69, 9.17) is 5.26 Å². The number of anilines is 1. The number of hydrogen-bond donors (Lipinski definition) is 1. The predicted octanol–water partition coefficient (Wildman–Crippen LogP) is 1.77. The lowest BCUT2D eigenvalue weighted by Crippen LogP contribution is -2.32. The first-order valence-electron chi connectivity index (χ1n) is 7.86. The number of amides is 3. The second-order valence-electron chi connectivity index (χ2n) is 5.58. The molecule has 0 saturated carbocycles. The summed E-state index contributed by atoms with van der Waals surface area (Å²) in [6.07, 6.45) is 0.112. The molecule has 0 unspecified atom stereocenters. The standard InChI is InChI=1S/C17H17N5O2S/c18-6-8-21(11-13-4-2-1-3-5-13)15(23)10-14-12-25-17(20-14)22-9-7-19-16(22)24/h1-5,12H,7-11H2,(H,19,24). The predicted molar refractivity (Wildman–Crippen MR) is 94.0 cm³/mol. The van der Waals surface area contributed by atoms with E-state index < -0.39 is 0 Å². The van der Waals surface area contributed by atoms with Gasteiger partial charge < -0.3 is 10.2 Å². The summed E-state index contributed by atoms with van der Waals surface area (Å²) >= 11 is 1.34. The Bertz CT molecular complexity index is 799. The molecule has 0 aliphatic carbocycles. The fourth-order valence-corrected chi connectivity index (χ4v) is 3.39. The average Bonchev–Trinajstić information content (AvgIpc) is 3.24. The van der Waals surface area contributed by atoms with Crippen LogP contribution in [-0.2, 0) is 17.8 Å². The zero-order valence-electron chi connectivity index (χ0n) is 13.5. The third-order valence-electron chi connectivity index (χ3n) is 3.79. The molecule has 1 saturated heterocycles. The number of thiazole rings is 1. The van der Waals surface area contributed by atoms with E-state index in [2.05, 4.69) is 10.3 Å². The monoisotopic (exact) mass is 355 g/mol. The van der Waals surface area contributed by atoms with Crippen molar-refractivity contribution in [3.63, 3.8) is 0 Å². The third kappa shape index (κ3) is 4.14. The molecule has 1 aromatic heterocycles. The Morgan fingerprint density at radius 2 is 2.20 bits per heavy atom. The summed E-state index contributed by atoms with van der Waals surface area (Å²) in [5.41, 5.74) is 1.58. The molecule has 1 aromatic carbocycles. The molecule has 7 nitrogen and oxygen atoms in total. The zero-order chi connectivity index (χ0) is 17.6. The first kappa shape index (κ1) is 16.9. The van der Waals surface area contributed by atoms with E-state index in [-0.39, 0.29) is 24.9 Å². The molecule has 0 atom stereocenters. The van der Waals surface area contributed by atoms with Crippen LogP contribution in [0, 0.1) is 11.3 Å². The molecule has 3 amide bonds. The van der Waals surface area contributed by atoms with Crippen molar-refractivity contribution < 1.29 is 9.59 Å². The molecule has 8 heteroatoms. The lowest BCUT2D eigenvalue weighted by atomic mass is 10.2. The molecule has 0 bridgehead atoms. The van der Waals surface area contributed by atoms with Crippen LogP contribution in [0.4, 0.5) is 9.93 Å². The number of nitrogens with zero attached hydrogens (tertiary/aromatic N) is 4. The Hall–Kier alpha value is -2.92. The van der Waals surface area contributed by atoms with E-state index >= 15 is 0 Å². The van der Waals surface area contributed by atoms with E-state index in [1.54, 1.807) is 10.3 Å². The van der Waals surface area contributed by atoms with Crippen LogP contribution in [-0.4, -0.2) is 41.5 Å². The highest BCUT2D eigenvalue weighted by Gasteiger charge is 2.24. The number of aromatic nitrogens is 1. The molecule has 1 N–H and O–H groups in total. The van der Waals surface area contributed by atoms with Gasteiger partial charge in [0, 0.05) is 25.0 Å². The Kier molecular flexibility index (Phi) is 5.26. The SMILES string of the molecule is N#CCN(Cc1ccccc1)C(=O)Cc1csc(N2CCNC2=O)n1. The van der Waals surface area contributed by atoms with Gasteiger partial charge in [0.1, 0.15) is 6.54 Å². The molecule has 2 aromatic rings. The summed E-state index contributed by atoms with van der Waals surface area (Å²) in [6.45, 7) is 1.59. The molecule has 1 fully saturated rings. The highest BCUT2D eigenvalue weighted by Crippen LogP contribution is 2.22. The van der Waals surface area contributed by atoms with Crippen molar-refractivity contribution >= 4 is 28.4 Å². The maximum absolute atomic E-state index is 12.5. The third-order valence-corrected chi connectivity index (χ3v) is 4.70. The van der Waals surface area contributed by atoms with E-state index in [1.807, 2.05) is 36.4 Å². The molecule has 128 valence electrons. The maximum atomic E-state index is 12.5. The second-order valence-corrected chi connectivity index (χ2v) is 6.41. The summed E-state index contributed by atoms with van der Waals surface area (Å²) in [7, 11) is 0. The minimum atomic E-state index is -0.164. The minimum Gasteiger partial charge on any atom is -0.336 e. The topological polar surface area (TPSA) is 89.3 Å². The largest absolute Gasteiger partial charge is 0.336 e. The Morgan fingerprint density at radius 1 is 1.40 bits per heavy atom. The molecule has 2 heterocycles. The summed E-state index contributed by atoms with van der Waals surface area (Å²) in [4.78, 5) is 31.7. The van der Waals surface area contributed by atoms with Crippen LogP contribution in [0.15, 0.2) is 35.7 Å². The number of benzene rings is 1. The van der Waals surface area contributed by atoms with Crippen LogP contribution in [0.2, 0.25) is 0 Å². The Balaban J connectivity index is 1.66. The summed E-state index contributed by atoms with van der Waals surface area (Å²) in [6, 6.07) is 11.4. The number of carbonyl (C=O) groups is 2. The summed E-state index contributed by atoms with van der Waals surface area (Å²) < 4.78 is 0. The molecule has 1 aliphatic rings. The van der Waals surface area contributed by atoms with Gasteiger partial charge in [-0.25, -0.2) is 9.78 Å². The van der Waals surface area contributed by atoms with Crippen LogP contribution >= 0.6 is 11.3 Å². The molecule has 0 radical (unpaired) electrons. The lowest BCUT2D eigenvalue weighted by Gasteiger charge is -2.19. The van der Waals surface area contributed by atoms with Crippen molar-refractivity contribution in [2.24, 2.45) is 0 Å². The quantitative estimate of drug-likeness (QED) is 0.800. The fourth-order valence-electron chi connectivity index (χ4n) is 2.54. The van der Waals surface area contributed by atoms with Gasteiger partial charge in [0.05, 0.1) is 18.2 Å². The van der Waals surface area contributed by atoms with Crippen molar-refractivity contribution in [1.82, 2.24) is 15.2 Å². The molecule has 0 spiro atoms. The Labute approximate surface area is 149 Å². The number of hydrogen-bond acceptors (Lipinski definition) is 5. The van der Waals surface area contributed by atoms with Gasteiger partial charge >= 0.3 is 6.03 Å². The highest BCUT2D eigenvalue weighted by molar-refractivity contribution is 7.14. The van der Waals surface area contributed by atoms with Gasteiger partial charge in [0.25, 0.3) is 0 Å². The highest BCUT2D eigenvalue weighted by atomic mass is 32.1. The molecular weight excluding hydrogens is 338 g/mol. The van der Waals surface area contributed by atoms with Crippen molar-refractivity contribution in [3.05, 3.63) is 47.0 Å². The van der Waals surface area contributed by atoms with Crippen LogP contribution in [0.1, 0.15) is 11.3 Å². The van der Waals surface area contributed by atoms with E-state index in [0.717, 1.165) is 5.56 Å². The van der Waals surface area contributed by atoms with Gasteiger partial charge in [-0.05, 0) is 5.56 Å². The summed E-state index contributed by atoms with van der Waals surface area (Å²) in [5.74, 6) is -0.159. The van der Waals surface area contributed by atoms with Crippen molar-refractivity contribution in [2.45, 2.75) is 13.0 Å². The smallest absolute Gasteiger partial charge is 0.323 e. The van der Waals surface area contributed by atoms with Crippen LogP contribution in [0.5, 0.6) is 0 Å².